The van der Waals surface area contributed by atoms with Gasteiger partial charge in [0.05, 0.1) is 0 Å². The predicted molar refractivity (Wildman–Crippen MR) is 171 cm³/mol. The van der Waals surface area contributed by atoms with Crippen LogP contribution in [-0.4, -0.2) is 6.21 Å². The van der Waals surface area contributed by atoms with Crippen LogP contribution >= 0.6 is 11.6 Å². The summed E-state index contributed by atoms with van der Waals surface area (Å²) in [4.78, 5) is 4.78. The fourth-order valence-electron chi connectivity index (χ4n) is 4.92. The lowest BCUT2D eigenvalue weighted by atomic mass is 9.97. The van der Waals surface area contributed by atoms with Crippen molar-refractivity contribution in [3.05, 3.63) is 142 Å². The number of ether oxygens (including phenoxy) is 1. The van der Waals surface area contributed by atoms with Crippen LogP contribution in [-0.2, 0) is 6.61 Å². The van der Waals surface area contributed by atoms with Gasteiger partial charge in [-0.1, -0.05) is 114 Å². The van der Waals surface area contributed by atoms with Crippen LogP contribution in [0.3, 0.4) is 0 Å². The van der Waals surface area contributed by atoms with Gasteiger partial charge < -0.3 is 9.15 Å². The summed E-state index contributed by atoms with van der Waals surface area (Å²) < 4.78 is 12.7. The lowest BCUT2D eigenvalue weighted by Crippen LogP contribution is -1.99. The van der Waals surface area contributed by atoms with Gasteiger partial charge in [0.1, 0.15) is 29.7 Å². The standard InChI is InChI=1S/C37H27ClN2O2/c1-24-7-13-28(14-8-24)35-32(21-39)37(42-36(35)29-15-9-25(2)10-16-29)40-22-33-31-6-4-3-5-27(31)17-20-34(33)41-23-26-11-18-30(38)19-12-26/h3-20,22H,23H2,1-2H3. The quantitative estimate of drug-likeness (QED) is 0.181. The zero-order chi connectivity index (χ0) is 29.1. The molecule has 0 atom stereocenters. The van der Waals surface area contributed by atoms with Crippen molar-refractivity contribution < 1.29 is 9.15 Å². The normalized spacial score (nSPS) is 11.2. The lowest BCUT2D eigenvalue weighted by molar-refractivity contribution is 0.306. The summed E-state index contributed by atoms with van der Waals surface area (Å²) in [7, 11) is 0. The first-order valence-electron chi connectivity index (χ1n) is 13.6. The molecular weight excluding hydrogens is 540 g/mol. The molecule has 5 heteroatoms. The molecule has 0 amide bonds. The number of furan rings is 1. The van der Waals surface area contributed by atoms with Crippen molar-refractivity contribution in [1.82, 2.24) is 0 Å². The topological polar surface area (TPSA) is 58.5 Å². The molecule has 0 spiro atoms. The van der Waals surface area contributed by atoms with Crippen molar-refractivity contribution in [2.24, 2.45) is 4.99 Å². The van der Waals surface area contributed by atoms with Crippen molar-refractivity contribution in [2.75, 3.05) is 0 Å². The predicted octanol–water partition coefficient (Wildman–Crippen LogP) is 10.2. The van der Waals surface area contributed by atoms with E-state index in [1.165, 1.54) is 0 Å². The molecule has 0 saturated heterocycles. The second-order valence-electron chi connectivity index (χ2n) is 10.2. The van der Waals surface area contributed by atoms with Crippen molar-refractivity contribution in [2.45, 2.75) is 20.5 Å². The Kier molecular flexibility index (Phi) is 7.60. The first kappa shape index (κ1) is 27.1. The molecule has 0 fully saturated rings. The summed E-state index contributed by atoms with van der Waals surface area (Å²) in [6.07, 6.45) is 1.73. The molecule has 0 aliphatic carbocycles. The Bertz CT molecular complexity index is 1950. The number of aryl methyl sites for hydroxylation is 2. The minimum absolute atomic E-state index is 0.250. The Morgan fingerprint density at radius 3 is 2.17 bits per heavy atom. The highest BCUT2D eigenvalue weighted by atomic mass is 35.5. The number of fused-ring (bicyclic) bond motifs is 1. The van der Waals surface area contributed by atoms with Crippen LogP contribution < -0.4 is 4.74 Å². The lowest BCUT2D eigenvalue weighted by Gasteiger charge is -2.12. The Balaban J connectivity index is 1.46. The first-order valence-corrected chi connectivity index (χ1v) is 14.0. The Morgan fingerprint density at radius 1 is 0.810 bits per heavy atom. The summed E-state index contributed by atoms with van der Waals surface area (Å²) in [6.45, 7) is 4.45. The van der Waals surface area contributed by atoms with E-state index in [0.29, 0.717) is 28.7 Å². The Labute approximate surface area is 250 Å². The second-order valence-corrected chi connectivity index (χ2v) is 10.6. The summed E-state index contributed by atoms with van der Waals surface area (Å²) >= 11 is 6.06. The van der Waals surface area contributed by atoms with E-state index in [9.17, 15) is 5.26 Å². The molecule has 1 aromatic heterocycles. The van der Waals surface area contributed by atoms with Crippen molar-refractivity contribution >= 4 is 34.5 Å². The molecular formula is C37H27ClN2O2. The van der Waals surface area contributed by atoms with E-state index in [1.54, 1.807) is 6.21 Å². The molecule has 0 unspecified atom stereocenters. The Hall–Kier alpha value is -5.11. The van der Waals surface area contributed by atoms with Gasteiger partial charge >= 0.3 is 0 Å². The largest absolute Gasteiger partial charge is 0.488 e. The number of rotatable bonds is 7. The number of nitriles is 1. The third-order valence-corrected chi connectivity index (χ3v) is 7.46. The van der Waals surface area contributed by atoms with E-state index in [4.69, 9.17) is 25.7 Å². The van der Waals surface area contributed by atoms with Gasteiger partial charge in [0.15, 0.2) is 0 Å². The maximum atomic E-state index is 10.4. The maximum absolute atomic E-state index is 10.4. The SMILES string of the molecule is Cc1ccc(-c2oc(N=Cc3c(OCc4ccc(Cl)cc4)ccc4ccccc34)c(C#N)c2-c2ccc(C)cc2)cc1. The van der Waals surface area contributed by atoms with E-state index in [0.717, 1.165) is 49.7 Å². The smallest absolute Gasteiger partial charge is 0.238 e. The van der Waals surface area contributed by atoms with E-state index in [2.05, 4.69) is 6.07 Å². The minimum Gasteiger partial charge on any atom is -0.488 e. The van der Waals surface area contributed by atoms with Gasteiger partial charge in [0.25, 0.3) is 0 Å². The molecule has 0 bridgehead atoms. The highest BCUT2D eigenvalue weighted by Gasteiger charge is 2.23. The molecule has 0 aliphatic rings. The van der Waals surface area contributed by atoms with Crippen LogP contribution in [0.15, 0.2) is 119 Å². The molecule has 0 N–H and O–H groups in total. The molecule has 5 aromatic carbocycles. The van der Waals surface area contributed by atoms with Crippen LogP contribution in [0.1, 0.15) is 27.8 Å². The van der Waals surface area contributed by atoms with Gasteiger partial charge in [-0.25, -0.2) is 4.99 Å². The monoisotopic (exact) mass is 566 g/mol. The fourth-order valence-corrected chi connectivity index (χ4v) is 5.04. The van der Waals surface area contributed by atoms with Crippen LogP contribution in [0.5, 0.6) is 5.75 Å². The average molecular weight is 567 g/mol. The molecule has 4 nitrogen and oxygen atoms in total. The molecule has 42 heavy (non-hydrogen) atoms. The summed E-state index contributed by atoms with van der Waals surface area (Å²) in [5.74, 6) is 1.54. The number of benzene rings is 5. The van der Waals surface area contributed by atoms with Crippen LogP contribution in [0.25, 0.3) is 33.2 Å². The zero-order valence-corrected chi connectivity index (χ0v) is 24.0. The van der Waals surface area contributed by atoms with Gasteiger partial charge in [0.2, 0.25) is 5.88 Å². The molecule has 6 rings (SSSR count). The summed E-state index contributed by atoms with van der Waals surface area (Å²) in [5, 5.41) is 13.1. The summed E-state index contributed by atoms with van der Waals surface area (Å²) in [6, 6.07) is 38.2. The third-order valence-electron chi connectivity index (χ3n) is 7.20. The van der Waals surface area contributed by atoms with Crippen molar-refractivity contribution in [1.29, 1.82) is 5.26 Å². The van der Waals surface area contributed by atoms with E-state index in [1.807, 2.05) is 123 Å². The summed E-state index contributed by atoms with van der Waals surface area (Å²) in [5.41, 5.74) is 6.97. The number of halogens is 1. The molecule has 6 aromatic rings. The highest BCUT2D eigenvalue weighted by Crippen LogP contribution is 2.43. The molecule has 0 aliphatic heterocycles. The van der Waals surface area contributed by atoms with Crippen molar-refractivity contribution in [3.63, 3.8) is 0 Å². The Morgan fingerprint density at radius 2 is 1.48 bits per heavy atom. The maximum Gasteiger partial charge on any atom is 0.238 e. The minimum atomic E-state index is 0.250. The molecule has 0 radical (unpaired) electrons. The van der Waals surface area contributed by atoms with Gasteiger partial charge in [-0.3, -0.25) is 0 Å². The number of hydrogen-bond donors (Lipinski definition) is 0. The third kappa shape index (κ3) is 5.56. The van der Waals surface area contributed by atoms with E-state index < -0.39 is 0 Å². The van der Waals surface area contributed by atoms with Gasteiger partial charge in [-0.2, -0.15) is 5.26 Å². The number of nitrogens with zero attached hydrogens (tertiary/aromatic N) is 2. The van der Waals surface area contributed by atoms with Crippen LogP contribution in [0, 0.1) is 25.2 Å². The van der Waals surface area contributed by atoms with E-state index in [-0.39, 0.29) is 5.88 Å². The first-order chi connectivity index (χ1) is 20.5. The second kappa shape index (κ2) is 11.8. The van der Waals surface area contributed by atoms with Gasteiger partial charge in [-0.15, -0.1) is 0 Å². The average Bonchev–Trinajstić information content (AvgIpc) is 3.39. The van der Waals surface area contributed by atoms with Crippen molar-refractivity contribution in [3.8, 4) is 34.3 Å². The molecule has 204 valence electrons. The highest BCUT2D eigenvalue weighted by molar-refractivity contribution is 6.30. The molecule has 0 saturated carbocycles. The molecule has 1 heterocycles. The van der Waals surface area contributed by atoms with Crippen LogP contribution in [0.4, 0.5) is 5.88 Å². The van der Waals surface area contributed by atoms with Gasteiger partial charge in [-0.05, 0) is 53.9 Å². The zero-order valence-electron chi connectivity index (χ0n) is 23.3. The van der Waals surface area contributed by atoms with Crippen LogP contribution in [0.2, 0.25) is 5.02 Å². The fraction of sp³-hybridized carbons (Fsp3) is 0.0811. The van der Waals surface area contributed by atoms with E-state index >= 15 is 0 Å². The number of aliphatic imine (C=N–C) groups is 1. The van der Waals surface area contributed by atoms with Gasteiger partial charge in [0, 0.05) is 27.9 Å². The number of hydrogen-bond acceptors (Lipinski definition) is 4.